The lowest BCUT2D eigenvalue weighted by atomic mass is 10.0. The maximum atomic E-state index is 12.4. The lowest BCUT2D eigenvalue weighted by Gasteiger charge is -2.44. The Kier molecular flexibility index (Phi) is 5.06. The predicted molar refractivity (Wildman–Crippen MR) is 94.2 cm³/mol. The van der Waals surface area contributed by atoms with E-state index in [4.69, 9.17) is 0 Å². The Morgan fingerprint density at radius 3 is 2.58 bits per heavy atom. The number of allylic oxidation sites excluding steroid dienone is 1. The third-order valence-corrected chi connectivity index (χ3v) is 6.57. The van der Waals surface area contributed by atoms with Crippen LogP contribution in [0.4, 0.5) is 0 Å². The predicted octanol–water partition coefficient (Wildman–Crippen LogP) is 1.46. The highest BCUT2D eigenvalue weighted by molar-refractivity contribution is 7.91. The number of carbonyl (C=O) groups is 1. The van der Waals surface area contributed by atoms with E-state index < -0.39 is 9.84 Å². The second-order valence-corrected chi connectivity index (χ2v) is 8.68. The molecular formula is C18H24N2O3S. The third-order valence-electron chi connectivity index (χ3n) is 4.87. The number of hydrogen-bond acceptors (Lipinski definition) is 4. The fraction of sp³-hybridized carbons (Fsp3) is 0.500. The maximum absolute atomic E-state index is 12.4. The standard InChI is InChI=1S/C18H24N2O3S/c1-2-3-9-18(21)20-11-10-19(12-15-7-5-4-6-8-15)16-13-24(22,23)14-17(16)20/h2-8,16-17H,9-14H2,1H3/b3-2+/t16-,17+/m1/s1. The van der Waals surface area contributed by atoms with Crippen LogP contribution in [0.1, 0.15) is 18.9 Å². The Morgan fingerprint density at radius 2 is 1.88 bits per heavy atom. The molecule has 2 saturated heterocycles. The van der Waals surface area contributed by atoms with Gasteiger partial charge < -0.3 is 4.90 Å². The van der Waals surface area contributed by atoms with E-state index in [2.05, 4.69) is 17.0 Å². The molecule has 1 aromatic rings. The Labute approximate surface area is 143 Å². The van der Waals surface area contributed by atoms with Gasteiger partial charge in [-0.15, -0.1) is 0 Å². The first kappa shape index (κ1) is 17.2. The first-order valence-corrected chi connectivity index (χ1v) is 10.2. The van der Waals surface area contributed by atoms with Crippen LogP contribution >= 0.6 is 0 Å². The highest BCUT2D eigenvalue weighted by Gasteiger charge is 2.47. The molecule has 2 aliphatic heterocycles. The normalized spacial score (nSPS) is 26.6. The summed E-state index contributed by atoms with van der Waals surface area (Å²) in [6, 6.07) is 9.77. The van der Waals surface area contributed by atoms with Crippen LogP contribution in [0, 0.1) is 0 Å². The summed E-state index contributed by atoms with van der Waals surface area (Å²) in [5.41, 5.74) is 1.18. The van der Waals surface area contributed by atoms with Gasteiger partial charge in [0.15, 0.2) is 9.84 Å². The van der Waals surface area contributed by atoms with Gasteiger partial charge in [-0.3, -0.25) is 9.69 Å². The molecule has 0 bridgehead atoms. The smallest absolute Gasteiger partial charge is 0.226 e. The average molecular weight is 348 g/mol. The molecule has 0 radical (unpaired) electrons. The quantitative estimate of drug-likeness (QED) is 0.773. The van der Waals surface area contributed by atoms with E-state index in [1.807, 2.05) is 37.3 Å². The molecule has 0 aliphatic carbocycles. The average Bonchev–Trinajstić information content (AvgIpc) is 2.89. The third kappa shape index (κ3) is 3.70. The summed E-state index contributed by atoms with van der Waals surface area (Å²) in [5.74, 6) is 0.266. The monoisotopic (exact) mass is 348 g/mol. The SMILES string of the molecule is C/C=C/CC(=O)N1CCN(Cc2ccccc2)[C@@H]2CS(=O)(=O)C[C@@H]21. The summed E-state index contributed by atoms with van der Waals surface area (Å²) in [5, 5.41) is 0. The molecule has 130 valence electrons. The molecule has 0 saturated carbocycles. The van der Waals surface area contributed by atoms with E-state index in [1.165, 1.54) is 5.56 Å². The Hall–Kier alpha value is -1.66. The van der Waals surface area contributed by atoms with Crippen molar-refractivity contribution in [2.75, 3.05) is 24.6 Å². The van der Waals surface area contributed by atoms with E-state index in [9.17, 15) is 13.2 Å². The summed E-state index contributed by atoms with van der Waals surface area (Å²) < 4.78 is 24.4. The van der Waals surface area contributed by atoms with Gasteiger partial charge in [0.25, 0.3) is 0 Å². The van der Waals surface area contributed by atoms with Crippen molar-refractivity contribution in [3.8, 4) is 0 Å². The van der Waals surface area contributed by atoms with Crippen molar-refractivity contribution in [2.45, 2.75) is 32.0 Å². The Balaban J connectivity index is 1.78. The zero-order valence-corrected chi connectivity index (χ0v) is 14.8. The van der Waals surface area contributed by atoms with Gasteiger partial charge in [0.2, 0.25) is 5.91 Å². The van der Waals surface area contributed by atoms with Gasteiger partial charge in [0.1, 0.15) is 0 Å². The number of rotatable bonds is 4. The number of fused-ring (bicyclic) bond motifs is 1. The molecule has 2 atom stereocenters. The van der Waals surface area contributed by atoms with Crippen LogP contribution in [0.25, 0.3) is 0 Å². The molecular weight excluding hydrogens is 324 g/mol. The number of piperazine rings is 1. The van der Waals surface area contributed by atoms with Crippen molar-refractivity contribution in [3.63, 3.8) is 0 Å². The first-order valence-electron chi connectivity index (χ1n) is 8.39. The van der Waals surface area contributed by atoms with Gasteiger partial charge in [-0.2, -0.15) is 0 Å². The van der Waals surface area contributed by atoms with E-state index >= 15 is 0 Å². The minimum Gasteiger partial charge on any atom is -0.336 e. The lowest BCUT2D eigenvalue weighted by Crippen LogP contribution is -2.60. The first-order chi connectivity index (χ1) is 11.5. The van der Waals surface area contributed by atoms with Crippen LogP contribution in [0.3, 0.4) is 0 Å². The van der Waals surface area contributed by atoms with Crippen molar-refractivity contribution in [1.29, 1.82) is 0 Å². The molecule has 0 spiro atoms. The summed E-state index contributed by atoms with van der Waals surface area (Å²) >= 11 is 0. The van der Waals surface area contributed by atoms with Crippen LogP contribution < -0.4 is 0 Å². The molecule has 0 N–H and O–H groups in total. The molecule has 5 nitrogen and oxygen atoms in total. The molecule has 3 rings (SSSR count). The number of benzene rings is 1. The summed E-state index contributed by atoms with van der Waals surface area (Å²) in [6.07, 6.45) is 4.03. The Bertz CT molecular complexity index is 715. The fourth-order valence-corrected chi connectivity index (χ4v) is 5.70. The Morgan fingerprint density at radius 1 is 1.17 bits per heavy atom. The van der Waals surface area contributed by atoms with E-state index in [0.29, 0.717) is 19.5 Å². The van der Waals surface area contributed by atoms with Crippen LogP contribution in [-0.4, -0.2) is 60.8 Å². The molecule has 2 aliphatic rings. The summed E-state index contributed by atoms with van der Waals surface area (Å²) in [4.78, 5) is 16.5. The second kappa shape index (κ2) is 7.07. The second-order valence-electron chi connectivity index (χ2n) is 6.53. The molecule has 1 amide bonds. The van der Waals surface area contributed by atoms with Crippen LogP contribution in [0.5, 0.6) is 0 Å². The van der Waals surface area contributed by atoms with Crippen LogP contribution in [0.2, 0.25) is 0 Å². The van der Waals surface area contributed by atoms with E-state index in [0.717, 1.165) is 6.54 Å². The molecule has 6 heteroatoms. The van der Waals surface area contributed by atoms with Crippen LogP contribution in [-0.2, 0) is 21.2 Å². The van der Waals surface area contributed by atoms with Gasteiger partial charge in [-0.25, -0.2) is 8.42 Å². The van der Waals surface area contributed by atoms with E-state index in [-0.39, 0.29) is 29.5 Å². The molecule has 0 aromatic heterocycles. The lowest BCUT2D eigenvalue weighted by molar-refractivity contribution is -0.136. The van der Waals surface area contributed by atoms with Gasteiger partial charge in [-0.1, -0.05) is 42.5 Å². The molecule has 2 fully saturated rings. The largest absolute Gasteiger partial charge is 0.336 e. The summed E-state index contributed by atoms with van der Waals surface area (Å²) in [6.45, 7) is 3.93. The van der Waals surface area contributed by atoms with Gasteiger partial charge in [-0.05, 0) is 12.5 Å². The zero-order chi connectivity index (χ0) is 17.2. The highest BCUT2D eigenvalue weighted by Crippen LogP contribution is 2.28. The minimum absolute atomic E-state index is 0.0274. The summed E-state index contributed by atoms with van der Waals surface area (Å²) in [7, 11) is -3.09. The van der Waals surface area contributed by atoms with Gasteiger partial charge >= 0.3 is 0 Å². The van der Waals surface area contributed by atoms with Gasteiger partial charge in [0, 0.05) is 32.1 Å². The maximum Gasteiger partial charge on any atom is 0.226 e. The van der Waals surface area contributed by atoms with Crippen LogP contribution in [0.15, 0.2) is 42.5 Å². The fourth-order valence-electron chi connectivity index (χ4n) is 3.68. The number of carbonyl (C=O) groups excluding carboxylic acids is 1. The highest BCUT2D eigenvalue weighted by atomic mass is 32.2. The number of hydrogen-bond donors (Lipinski definition) is 0. The number of amides is 1. The van der Waals surface area contributed by atoms with Crippen molar-refractivity contribution < 1.29 is 13.2 Å². The molecule has 1 aromatic carbocycles. The van der Waals surface area contributed by atoms with Crippen molar-refractivity contribution in [1.82, 2.24) is 9.80 Å². The molecule has 0 unspecified atom stereocenters. The van der Waals surface area contributed by atoms with Crippen molar-refractivity contribution in [2.24, 2.45) is 0 Å². The molecule has 2 heterocycles. The number of nitrogens with zero attached hydrogens (tertiary/aromatic N) is 2. The van der Waals surface area contributed by atoms with E-state index in [1.54, 1.807) is 4.90 Å². The zero-order valence-electron chi connectivity index (χ0n) is 14.0. The molecule has 24 heavy (non-hydrogen) atoms. The van der Waals surface area contributed by atoms with Gasteiger partial charge in [0.05, 0.1) is 17.5 Å². The number of sulfone groups is 1. The van der Waals surface area contributed by atoms with Crippen molar-refractivity contribution in [3.05, 3.63) is 48.0 Å². The minimum atomic E-state index is -3.09. The van der Waals surface area contributed by atoms with Crippen molar-refractivity contribution >= 4 is 15.7 Å². The topological polar surface area (TPSA) is 57.7 Å².